The van der Waals surface area contributed by atoms with E-state index in [-0.39, 0.29) is 5.56 Å². The summed E-state index contributed by atoms with van der Waals surface area (Å²) in [5.41, 5.74) is 4.37. The normalized spacial score (nSPS) is 11.8. The van der Waals surface area contributed by atoms with Gasteiger partial charge < -0.3 is 9.47 Å². The molecule has 2 aromatic heterocycles. The van der Waals surface area contributed by atoms with Crippen molar-refractivity contribution in [2.24, 2.45) is 0 Å². The molecule has 0 radical (unpaired) electrons. The Morgan fingerprint density at radius 3 is 2.26 bits per heavy atom. The summed E-state index contributed by atoms with van der Waals surface area (Å²) in [5, 5.41) is 0. The Hall–Kier alpha value is -3.90. The van der Waals surface area contributed by atoms with Crippen molar-refractivity contribution >= 4 is 22.4 Å². The molecule has 5 aromatic rings. The summed E-state index contributed by atoms with van der Waals surface area (Å²) >= 11 is 1.40. The van der Waals surface area contributed by atoms with E-state index in [4.69, 9.17) is 14.5 Å². The van der Waals surface area contributed by atoms with Crippen molar-refractivity contribution in [1.29, 1.82) is 0 Å². The van der Waals surface area contributed by atoms with Gasteiger partial charge in [-0.15, -0.1) is 0 Å². The Bertz CT molecular complexity index is 1620. The number of imidazole rings is 1. The fraction of sp³-hybridized carbons (Fsp3) is 0.273. The molecule has 0 aliphatic heterocycles. The molecular weight excluding hydrogens is 504 g/mol. The molecule has 3 aromatic carbocycles. The van der Waals surface area contributed by atoms with E-state index in [0.717, 1.165) is 40.2 Å². The van der Waals surface area contributed by atoms with Gasteiger partial charge in [0.05, 0.1) is 29.6 Å². The van der Waals surface area contributed by atoms with Gasteiger partial charge in [-0.05, 0) is 30.2 Å². The minimum Gasteiger partial charge on any atom is -0.493 e. The van der Waals surface area contributed by atoms with Gasteiger partial charge in [0.15, 0.2) is 16.5 Å². The van der Waals surface area contributed by atoms with Crippen molar-refractivity contribution in [3.63, 3.8) is 0 Å². The Labute approximate surface area is 233 Å². The summed E-state index contributed by atoms with van der Waals surface area (Å²) < 4.78 is 14.0. The molecule has 0 saturated carbocycles. The van der Waals surface area contributed by atoms with Crippen molar-refractivity contribution in [1.82, 2.24) is 9.38 Å². The first-order valence-corrected chi connectivity index (χ1v) is 14.5. The fourth-order valence-corrected chi connectivity index (χ4v) is 5.74. The lowest BCUT2D eigenvalue weighted by molar-refractivity contribution is 0.284. The van der Waals surface area contributed by atoms with Gasteiger partial charge in [-0.1, -0.05) is 117 Å². The smallest absolute Gasteiger partial charge is 0.274 e. The van der Waals surface area contributed by atoms with Gasteiger partial charge >= 0.3 is 0 Å². The SMILES string of the molecule is CCCCCCCCOc1ccc(/C=c2/sc3nc(-c4ccccc4)c(-c4ccccc4)n3c2=O)cc1OC. The largest absolute Gasteiger partial charge is 0.493 e. The summed E-state index contributed by atoms with van der Waals surface area (Å²) in [6.45, 7) is 2.90. The van der Waals surface area contributed by atoms with Crippen molar-refractivity contribution in [3.8, 4) is 34.0 Å². The van der Waals surface area contributed by atoms with E-state index in [9.17, 15) is 4.79 Å². The van der Waals surface area contributed by atoms with Gasteiger partial charge in [-0.2, -0.15) is 0 Å². The van der Waals surface area contributed by atoms with E-state index in [1.54, 1.807) is 11.5 Å². The number of ether oxygens (including phenoxy) is 2. The predicted molar refractivity (Wildman–Crippen MR) is 161 cm³/mol. The Morgan fingerprint density at radius 2 is 1.54 bits per heavy atom. The summed E-state index contributed by atoms with van der Waals surface area (Å²) in [5.74, 6) is 1.39. The van der Waals surface area contributed by atoms with Gasteiger partial charge in [0, 0.05) is 11.1 Å². The van der Waals surface area contributed by atoms with Crippen LogP contribution in [0.15, 0.2) is 83.7 Å². The van der Waals surface area contributed by atoms with Crippen LogP contribution >= 0.6 is 11.3 Å². The first-order chi connectivity index (χ1) is 19.2. The first kappa shape index (κ1) is 26.7. The zero-order valence-corrected chi connectivity index (χ0v) is 23.4. The molecule has 0 spiro atoms. The van der Waals surface area contributed by atoms with Crippen LogP contribution in [0.3, 0.4) is 0 Å². The highest BCUT2D eigenvalue weighted by Gasteiger charge is 2.20. The third kappa shape index (κ3) is 6.07. The monoisotopic (exact) mass is 538 g/mol. The predicted octanol–water partition coefficient (Wildman–Crippen LogP) is 7.39. The van der Waals surface area contributed by atoms with Crippen LogP contribution in [-0.2, 0) is 0 Å². The summed E-state index contributed by atoms with van der Waals surface area (Å²) in [6, 6.07) is 25.8. The van der Waals surface area contributed by atoms with Crippen LogP contribution in [0.4, 0.5) is 0 Å². The number of benzene rings is 3. The van der Waals surface area contributed by atoms with E-state index in [2.05, 4.69) is 6.92 Å². The van der Waals surface area contributed by atoms with Crippen LogP contribution in [0.25, 0.3) is 33.6 Å². The third-order valence-corrected chi connectivity index (χ3v) is 7.77. The number of hydrogen-bond donors (Lipinski definition) is 0. The van der Waals surface area contributed by atoms with E-state index < -0.39 is 0 Å². The molecule has 39 heavy (non-hydrogen) atoms. The zero-order valence-electron chi connectivity index (χ0n) is 22.6. The highest BCUT2D eigenvalue weighted by Crippen LogP contribution is 2.33. The summed E-state index contributed by atoms with van der Waals surface area (Å²) in [7, 11) is 1.65. The van der Waals surface area contributed by atoms with Gasteiger partial charge in [0.25, 0.3) is 5.56 Å². The molecule has 2 heterocycles. The molecule has 0 aliphatic rings. The van der Waals surface area contributed by atoms with Crippen LogP contribution in [0, 0.1) is 0 Å². The second-order valence-electron chi connectivity index (χ2n) is 9.60. The van der Waals surface area contributed by atoms with Crippen LogP contribution < -0.4 is 19.6 Å². The molecule has 0 N–H and O–H groups in total. The molecule has 5 rings (SSSR count). The lowest BCUT2D eigenvalue weighted by atomic mass is 10.1. The molecule has 0 amide bonds. The summed E-state index contributed by atoms with van der Waals surface area (Å²) in [4.78, 5) is 19.3. The zero-order chi connectivity index (χ0) is 27.0. The minimum atomic E-state index is -0.0779. The molecule has 0 aliphatic carbocycles. The van der Waals surface area contributed by atoms with Crippen molar-refractivity contribution < 1.29 is 9.47 Å². The van der Waals surface area contributed by atoms with Crippen LogP contribution in [0.2, 0.25) is 0 Å². The number of methoxy groups -OCH3 is 1. The topological polar surface area (TPSA) is 52.8 Å². The Kier molecular flexibility index (Phi) is 8.74. The summed E-state index contributed by atoms with van der Waals surface area (Å²) in [6.07, 6.45) is 9.21. The molecule has 200 valence electrons. The third-order valence-electron chi connectivity index (χ3n) is 6.80. The van der Waals surface area contributed by atoms with Gasteiger partial charge in [-0.25, -0.2) is 9.38 Å². The highest BCUT2D eigenvalue weighted by atomic mass is 32.1. The van der Waals surface area contributed by atoms with Gasteiger partial charge in [0.2, 0.25) is 0 Å². The number of rotatable bonds is 12. The second kappa shape index (κ2) is 12.8. The average molecular weight is 539 g/mol. The number of fused-ring (bicyclic) bond motifs is 1. The molecule has 0 saturated heterocycles. The molecule has 5 nitrogen and oxygen atoms in total. The van der Waals surface area contributed by atoms with Gasteiger partial charge in [0.1, 0.15) is 0 Å². The number of thiazole rings is 1. The van der Waals surface area contributed by atoms with Crippen molar-refractivity contribution in [2.45, 2.75) is 45.4 Å². The first-order valence-electron chi connectivity index (χ1n) is 13.7. The lowest BCUT2D eigenvalue weighted by Gasteiger charge is -2.11. The van der Waals surface area contributed by atoms with E-state index in [1.165, 1.54) is 43.4 Å². The minimum absolute atomic E-state index is 0.0779. The quantitative estimate of drug-likeness (QED) is 0.156. The molecular formula is C33H34N2O3S. The Morgan fingerprint density at radius 1 is 0.846 bits per heavy atom. The molecule has 0 bridgehead atoms. The standard InChI is InChI=1S/C33H34N2O3S/c1-3-4-5-6-7-14-21-38-27-20-19-24(22-28(27)37-2)23-29-32(36)35-31(26-17-12-9-13-18-26)30(34-33(35)39-29)25-15-10-8-11-16-25/h8-13,15-20,22-23H,3-7,14,21H2,1-2H3/b29-23+. The van der Waals surface area contributed by atoms with Crippen LogP contribution in [0.5, 0.6) is 11.5 Å². The van der Waals surface area contributed by atoms with Crippen molar-refractivity contribution in [2.75, 3.05) is 13.7 Å². The average Bonchev–Trinajstić information content (AvgIpc) is 3.50. The maximum absolute atomic E-state index is 13.7. The van der Waals surface area contributed by atoms with Crippen LogP contribution in [-0.4, -0.2) is 23.1 Å². The molecule has 0 fully saturated rings. The van der Waals surface area contributed by atoms with Crippen molar-refractivity contribution in [3.05, 3.63) is 99.3 Å². The molecule has 0 unspecified atom stereocenters. The Balaban J connectivity index is 1.45. The maximum Gasteiger partial charge on any atom is 0.274 e. The number of aromatic nitrogens is 2. The number of unbranched alkanes of at least 4 members (excludes halogenated alkanes) is 5. The number of hydrogen-bond acceptors (Lipinski definition) is 5. The van der Waals surface area contributed by atoms with E-state index in [1.807, 2.05) is 84.9 Å². The molecule has 0 atom stereocenters. The maximum atomic E-state index is 13.7. The van der Waals surface area contributed by atoms with E-state index >= 15 is 0 Å². The fourth-order valence-electron chi connectivity index (χ4n) is 4.77. The highest BCUT2D eigenvalue weighted by molar-refractivity contribution is 7.15. The second-order valence-corrected chi connectivity index (χ2v) is 10.6. The van der Waals surface area contributed by atoms with Crippen LogP contribution in [0.1, 0.15) is 51.0 Å². The van der Waals surface area contributed by atoms with E-state index in [0.29, 0.717) is 21.8 Å². The van der Waals surface area contributed by atoms with Gasteiger partial charge in [-0.3, -0.25) is 4.79 Å². The number of nitrogens with zero attached hydrogens (tertiary/aromatic N) is 2. The molecule has 6 heteroatoms. The lowest BCUT2D eigenvalue weighted by Crippen LogP contribution is -2.23.